The summed E-state index contributed by atoms with van der Waals surface area (Å²) in [5, 5.41) is -2.16. The fraction of sp³-hybridized carbons (Fsp3) is 1.00. The molecule has 7 nitrogen and oxygen atoms in total. The normalized spacial score (nSPS) is 14.8. The van der Waals surface area contributed by atoms with Crippen molar-refractivity contribution in [2.24, 2.45) is 0 Å². The molecule has 1 unspecified atom stereocenters. The minimum atomic E-state index is -4.96. The predicted octanol–water partition coefficient (Wildman–Crippen LogP) is 1.39. The zero-order chi connectivity index (χ0) is 15.1. The van der Waals surface area contributed by atoms with Gasteiger partial charge in [0.25, 0.3) is 0 Å². The maximum Gasteiger partial charge on any atom is 0.341 e. The lowest BCUT2D eigenvalue weighted by Gasteiger charge is -2.18. The molecule has 0 bridgehead atoms. The molecule has 116 valence electrons. The third-order valence-electron chi connectivity index (χ3n) is 2.59. The second-order valence-corrected chi connectivity index (χ2v) is 10.0. The Morgan fingerprint density at radius 3 is 1.84 bits per heavy atom. The van der Waals surface area contributed by atoms with Crippen LogP contribution in [0, 0.1) is 0 Å². The van der Waals surface area contributed by atoms with Gasteiger partial charge in [-0.2, -0.15) is 0 Å². The van der Waals surface area contributed by atoms with Gasteiger partial charge in [0, 0.05) is 22.3 Å². The molecule has 0 aliphatic heterocycles. The summed E-state index contributed by atoms with van der Waals surface area (Å²) >= 11 is 0. The molecule has 0 amide bonds. The van der Waals surface area contributed by atoms with Crippen molar-refractivity contribution in [3.8, 4) is 0 Å². The smallest absolute Gasteiger partial charge is 0.324 e. The molecule has 0 fully saturated rings. The Morgan fingerprint density at radius 1 is 0.947 bits per heavy atom. The minimum absolute atomic E-state index is 0.209. The highest BCUT2D eigenvalue weighted by Crippen LogP contribution is 2.59. The minimum Gasteiger partial charge on any atom is -0.324 e. The summed E-state index contributed by atoms with van der Waals surface area (Å²) < 4.78 is 33.6. The standard InChI is InChI=1S/C9H22O7P2S/c1-2-3-4-5-6-7-19(16)8-9(17(10,11)12)18(13,14)15/h9H,2-8H2,1H3,(H2,10,11,12)(H2,13,14,15). The van der Waals surface area contributed by atoms with Crippen LogP contribution in [0.4, 0.5) is 0 Å². The molecule has 10 heteroatoms. The van der Waals surface area contributed by atoms with Crippen LogP contribution in [0.1, 0.15) is 39.0 Å². The Hall–Kier alpha value is 0.450. The number of unbranched alkanes of at least 4 members (excludes halogenated alkanes) is 4. The summed E-state index contributed by atoms with van der Waals surface area (Å²) in [6, 6.07) is 0. The van der Waals surface area contributed by atoms with Gasteiger partial charge < -0.3 is 19.6 Å². The van der Waals surface area contributed by atoms with Crippen LogP contribution in [-0.2, 0) is 19.9 Å². The van der Waals surface area contributed by atoms with Crippen LogP contribution in [0.2, 0.25) is 0 Å². The highest BCUT2D eigenvalue weighted by atomic mass is 32.2. The summed E-state index contributed by atoms with van der Waals surface area (Å²) in [4.78, 5) is 35.6. The summed E-state index contributed by atoms with van der Waals surface area (Å²) in [5.41, 5.74) is 0. The first-order chi connectivity index (χ1) is 8.59. The van der Waals surface area contributed by atoms with E-state index in [2.05, 4.69) is 6.92 Å². The Labute approximate surface area is 115 Å². The average molecular weight is 336 g/mol. The van der Waals surface area contributed by atoms with E-state index in [0.717, 1.165) is 25.7 Å². The molecule has 0 heterocycles. The fourth-order valence-electron chi connectivity index (χ4n) is 1.51. The molecule has 0 aliphatic rings. The first-order valence-corrected chi connectivity index (χ1v) is 10.9. The zero-order valence-electron chi connectivity index (χ0n) is 10.8. The van der Waals surface area contributed by atoms with Gasteiger partial charge in [-0.25, -0.2) is 0 Å². The van der Waals surface area contributed by atoms with Gasteiger partial charge in [0.15, 0.2) is 5.40 Å². The van der Waals surface area contributed by atoms with Crippen molar-refractivity contribution in [1.82, 2.24) is 0 Å². The molecule has 4 N–H and O–H groups in total. The maximum absolute atomic E-state index is 11.6. The van der Waals surface area contributed by atoms with Gasteiger partial charge in [-0.3, -0.25) is 13.3 Å². The summed E-state index contributed by atoms with van der Waals surface area (Å²) in [6.45, 7) is 2.06. The van der Waals surface area contributed by atoms with E-state index in [0.29, 0.717) is 6.42 Å². The zero-order valence-corrected chi connectivity index (χ0v) is 13.4. The molecular formula is C9H22O7P2S. The number of hydrogen-bond acceptors (Lipinski definition) is 3. The summed E-state index contributed by atoms with van der Waals surface area (Å²) in [5.74, 6) is -0.456. The van der Waals surface area contributed by atoms with E-state index in [1.54, 1.807) is 0 Å². The third-order valence-corrected chi connectivity index (χ3v) is 8.25. The van der Waals surface area contributed by atoms with E-state index < -0.39 is 37.1 Å². The largest absolute Gasteiger partial charge is 0.341 e. The van der Waals surface area contributed by atoms with Crippen LogP contribution in [-0.4, -0.2) is 40.7 Å². The van der Waals surface area contributed by atoms with Crippen LogP contribution < -0.4 is 0 Å². The Morgan fingerprint density at radius 2 is 1.42 bits per heavy atom. The lowest BCUT2D eigenvalue weighted by atomic mass is 10.2. The van der Waals surface area contributed by atoms with Gasteiger partial charge in [-0.1, -0.05) is 32.6 Å². The molecule has 1 atom stereocenters. The molecule has 0 rings (SSSR count). The second kappa shape index (κ2) is 8.67. The van der Waals surface area contributed by atoms with Crippen molar-refractivity contribution < 1.29 is 32.9 Å². The maximum atomic E-state index is 11.6. The number of rotatable bonds is 10. The highest BCUT2D eigenvalue weighted by Gasteiger charge is 2.44. The van der Waals surface area contributed by atoms with Crippen molar-refractivity contribution in [1.29, 1.82) is 0 Å². The molecule has 19 heavy (non-hydrogen) atoms. The first-order valence-electron chi connectivity index (χ1n) is 6.04. The van der Waals surface area contributed by atoms with Crippen LogP contribution in [0.25, 0.3) is 0 Å². The molecule has 0 aliphatic carbocycles. The van der Waals surface area contributed by atoms with E-state index in [1.165, 1.54) is 0 Å². The van der Waals surface area contributed by atoms with Gasteiger partial charge in [0.1, 0.15) is 0 Å². The monoisotopic (exact) mass is 336 g/mol. The van der Waals surface area contributed by atoms with Crippen LogP contribution in [0.5, 0.6) is 0 Å². The van der Waals surface area contributed by atoms with Gasteiger partial charge >= 0.3 is 15.2 Å². The lowest BCUT2D eigenvalue weighted by molar-refractivity contribution is 0.342. The van der Waals surface area contributed by atoms with Gasteiger partial charge in [-0.05, 0) is 6.42 Å². The van der Waals surface area contributed by atoms with Crippen molar-refractivity contribution in [3.63, 3.8) is 0 Å². The Bertz CT molecular complexity index is 353. The van der Waals surface area contributed by atoms with Gasteiger partial charge in [0.05, 0.1) is 0 Å². The fourth-order valence-corrected chi connectivity index (χ4v) is 6.65. The molecule has 0 radical (unpaired) electrons. The molecule has 0 saturated carbocycles. The van der Waals surface area contributed by atoms with Gasteiger partial charge in [-0.15, -0.1) is 0 Å². The van der Waals surface area contributed by atoms with E-state index in [1.807, 2.05) is 0 Å². The van der Waals surface area contributed by atoms with Crippen LogP contribution in [0.15, 0.2) is 0 Å². The van der Waals surface area contributed by atoms with Crippen molar-refractivity contribution in [2.75, 3.05) is 11.5 Å². The van der Waals surface area contributed by atoms with Crippen LogP contribution in [0.3, 0.4) is 0 Å². The lowest BCUT2D eigenvalue weighted by Crippen LogP contribution is -2.19. The topological polar surface area (TPSA) is 132 Å². The Balaban J connectivity index is 4.28. The molecule has 0 aromatic rings. The SMILES string of the molecule is CCCCCCCS(=O)CC(P(=O)(O)O)P(=O)(O)O. The molecule has 0 aromatic heterocycles. The molecule has 0 aromatic carbocycles. The van der Waals surface area contributed by atoms with E-state index in [4.69, 9.17) is 19.6 Å². The highest BCUT2D eigenvalue weighted by molar-refractivity contribution is 7.86. The quantitative estimate of drug-likeness (QED) is 0.350. The Kier molecular flexibility index (Phi) is 8.88. The van der Waals surface area contributed by atoms with Crippen molar-refractivity contribution in [2.45, 2.75) is 44.4 Å². The predicted molar refractivity (Wildman–Crippen MR) is 74.5 cm³/mol. The van der Waals surface area contributed by atoms with E-state index in [-0.39, 0.29) is 5.75 Å². The van der Waals surface area contributed by atoms with Gasteiger partial charge in [0.2, 0.25) is 0 Å². The third kappa shape index (κ3) is 9.08. The second-order valence-electron chi connectivity index (χ2n) is 4.38. The van der Waals surface area contributed by atoms with E-state index in [9.17, 15) is 13.3 Å². The van der Waals surface area contributed by atoms with Crippen molar-refractivity contribution >= 4 is 26.0 Å². The average Bonchev–Trinajstić information content (AvgIpc) is 2.22. The molecular weight excluding hydrogens is 314 g/mol. The van der Waals surface area contributed by atoms with Crippen LogP contribution >= 0.6 is 15.2 Å². The van der Waals surface area contributed by atoms with Crippen molar-refractivity contribution in [3.05, 3.63) is 0 Å². The molecule has 0 spiro atoms. The molecule has 0 saturated heterocycles. The summed E-state index contributed by atoms with van der Waals surface area (Å²) in [6.07, 6.45) is 4.62. The summed E-state index contributed by atoms with van der Waals surface area (Å²) in [7, 11) is -11.5. The number of hydrogen-bond donors (Lipinski definition) is 4. The van der Waals surface area contributed by atoms with E-state index >= 15 is 0 Å². The first kappa shape index (κ1) is 19.4.